The fraction of sp³-hybridized carbons (Fsp3) is 0.423. The van der Waals surface area contributed by atoms with E-state index in [1.165, 1.54) is 6.92 Å². The molecule has 0 unspecified atom stereocenters. The van der Waals surface area contributed by atoms with Crippen LogP contribution in [0, 0.1) is 5.92 Å². The number of ether oxygens (including phenoxy) is 2. The van der Waals surface area contributed by atoms with Gasteiger partial charge in [-0.1, -0.05) is 25.1 Å². The lowest BCUT2D eigenvalue weighted by atomic mass is 10.0. The smallest absolute Gasteiger partial charge is 0.257 e. The Balaban J connectivity index is 1.99. The number of carbonyl (C=O) groups is 3. The maximum Gasteiger partial charge on any atom is 0.257 e. The quantitative estimate of drug-likeness (QED) is 0.748. The van der Waals surface area contributed by atoms with E-state index in [0.29, 0.717) is 35.7 Å². The predicted molar refractivity (Wildman–Crippen MR) is 130 cm³/mol. The Bertz CT molecular complexity index is 1030. The van der Waals surface area contributed by atoms with Crippen LogP contribution >= 0.6 is 0 Å². The van der Waals surface area contributed by atoms with E-state index in [1.54, 1.807) is 54.3 Å². The van der Waals surface area contributed by atoms with E-state index in [4.69, 9.17) is 9.47 Å². The second-order valence-electron chi connectivity index (χ2n) is 8.81. The fourth-order valence-corrected chi connectivity index (χ4v) is 4.09. The van der Waals surface area contributed by atoms with Crippen LogP contribution in [0.15, 0.2) is 48.5 Å². The molecule has 0 saturated heterocycles. The summed E-state index contributed by atoms with van der Waals surface area (Å²) in [5.74, 6) is -0.192. The lowest BCUT2D eigenvalue weighted by Gasteiger charge is -2.36. The van der Waals surface area contributed by atoms with Crippen molar-refractivity contribution in [3.05, 3.63) is 59.7 Å². The van der Waals surface area contributed by atoms with Crippen LogP contribution in [0.3, 0.4) is 0 Å². The summed E-state index contributed by atoms with van der Waals surface area (Å²) in [6.45, 7) is 6.34. The first kappa shape index (κ1) is 25.2. The van der Waals surface area contributed by atoms with Gasteiger partial charge in [-0.05, 0) is 37.3 Å². The monoisotopic (exact) mass is 467 g/mol. The van der Waals surface area contributed by atoms with Crippen molar-refractivity contribution in [2.75, 3.05) is 39.2 Å². The maximum absolute atomic E-state index is 13.4. The number of fused-ring (bicyclic) bond motifs is 1. The highest BCUT2D eigenvalue weighted by Crippen LogP contribution is 2.27. The number of carbonyl (C=O) groups excluding carboxylic acids is 3. The van der Waals surface area contributed by atoms with Gasteiger partial charge in [-0.25, -0.2) is 0 Å². The van der Waals surface area contributed by atoms with Crippen LogP contribution in [0.2, 0.25) is 0 Å². The SMILES string of the molecule is CO[C@H]1CN(C)C(=O)c2cc(NC(C)=O)ccc2OC[C@H](C)N(C(=O)c2ccccc2)C[C@@H]1C. The molecule has 0 fully saturated rings. The van der Waals surface area contributed by atoms with Crippen molar-refractivity contribution in [3.63, 3.8) is 0 Å². The number of rotatable bonds is 3. The molecule has 0 radical (unpaired) electrons. The standard InChI is InChI=1S/C26H33N3O5/c1-17-14-29(25(31)20-9-7-6-8-10-20)18(2)16-34-23-12-11-21(27-19(3)30)13-22(23)26(32)28(4)15-24(17)33-5/h6-13,17-18,24H,14-16H2,1-5H3,(H,27,30)/t17-,18-,24-/m0/s1. The Kier molecular flexibility index (Phi) is 8.28. The molecule has 3 amide bonds. The van der Waals surface area contributed by atoms with Crippen LogP contribution in [0.1, 0.15) is 41.5 Å². The van der Waals surface area contributed by atoms with E-state index < -0.39 is 0 Å². The number of likely N-dealkylation sites (N-methyl/N-ethyl adjacent to an activating group) is 1. The minimum atomic E-state index is -0.283. The lowest BCUT2D eigenvalue weighted by Crippen LogP contribution is -2.48. The zero-order valence-electron chi connectivity index (χ0n) is 20.4. The molecule has 182 valence electrons. The van der Waals surface area contributed by atoms with Crippen molar-refractivity contribution in [3.8, 4) is 5.75 Å². The zero-order chi connectivity index (χ0) is 24.8. The van der Waals surface area contributed by atoms with Crippen molar-refractivity contribution in [1.29, 1.82) is 0 Å². The molecule has 1 aliphatic rings. The van der Waals surface area contributed by atoms with Gasteiger partial charge in [0, 0.05) is 51.3 Å². The van der Waals surface area contributed by atoms with Gasteiger partial charge >= 0.3 is 0 Å². The van der Waals surface area contributed by atoms with Gasteiger partial charge in [-0.2, -0.15) is 0 Å². The van der Waals surface area contributed by atoms with Gasteiger partial charge in [-0.3, -0.25) is 14.4 Å². The molecule has 2 aromatic rings. The molecule has 0 spiro atoms. The summed E-state index contributed by atoms with van der Waals surface area (Å²) < 4.78 is 11.8. The van der Waals surface area contributed by atoms with Gasteiger partial charge in [-0.15, -0.1) is 0 Å². The maximum atomic E-state index is 13.4. The van der Waals surface area contributed by atoms with Crippen LogP contribution in [-0.4, -0.2) is 73.5 Å². The molecular weight excluding hydrogens is 434 g/mol. The van der Waals surface area contributed by atoms with E-state index in [2.05, 4.69) is 5.32 Å². The third kappa shape index (κ3) is 5.94. The number of methoxy groups -OCH3 is 1. The molecule has 1 heterocycles. The van der Waals surface area contributed by atoms with Crippen LogP contribution in [0.5, 0.6) is 5.75 Å². The van der Waals surface area contributed by atoms with Crippen molar-refractivity contribution in [2.24, 2.45) is 5.92 Å². The van der Waals surface area contributed by atoms with Crippen molar-refractivity contribution >= 4 is 23.4 Å². The van der Waals surface area contributed by atoms with Crippen molar-refractivity contribution in [2.45, 2.75) is 32.9 Å². The summed E-state index contributed by atoms with van der Waals surface area (Å²) in [6, 6.07) is 13.9. The summed E-state index contributed by atoms with van der Waals surface area (Å²) in [7, 11) is 3.32. The first-order chi connectivity index (χ1) is 16.2. The molecule has 34 heavy (non-hydrogen) atoms. The third-order valence-electron chi connectivity index (χ3n) is 6.05. The van der Waals surface area contributed by atoms with Crippen molar-refractivity contribution in [1.82, 2.24) is 9.80 Å². The molecule has 2 aromatic carbocycles. The van der Waals surface area contributed by atoms with Crippen LogP contribution < -0.4 is 10.1 Å². The summed E-state index contributed by atoms with van der Waals surface area (Å²) in [4.78, 5) is 41.6. The van der Waals surface area contributed by atoms with Gasteiger partial charge in [0.15, 0.2) is 0 Å². The number of benzene rings is 2. The van der Waals surface area contributed by atoms with Gasteiger partial charge in [0.05, 0.1) is 17.7 Å². The predicted octanol–water partition coefficient (Wildman–Crippen LogP) is 3.29. The highest BCUT2D eigenvalue weighted by molar-refractivity contribution is 5.99. The number of nitrogens with zero attached hydrogens (tertiary/aromatic N) is 2. The zero-order valence-corrected chi connectivity index (χ0v) is 20.4. The molecule has 1 aliphatic heterocycles. The largest absolute Gasteiger partial charge is 0.491 e. The minimum absolute atomic E-state index is 0.0417. The first-order valence-corrected chi connectivity index (χ1v) is 11.4. The Morgan fingerprint density at radius 3 is 2.44 bits per heavy atom. The van der Waals surface area contributed by atoms with Gasteiger partial charge < -0.3 is 24.6 Å². The number of nitrogens with one attached hydrogen (secondary N) is 1. The van der Waals surface area contributed by atoms with Crippen LogP contribution in [0.25, 0.3) is 0 Å². The minimum Gasteiger partial charge on any atom is -0.491 e. The lowest BCUT2D eigenvalue weighted by molar-refractivity contribution is -0.114. The number of hydrogen-bond donors (Lipinski definition) is 1. The second-order valence-corrected chi connectivity index (χ2v) is 8.81. The van der Waals surface area contributed by atoms with E-state index in [1.807, 2.05) is 32.0 Å². The molecule has 8 nitrogen and oxygen atoms in total. The summed E-state index contributed by atoms with van der Waals surface area (Å²) in [6.07, 6.45) is -0.283. The average molecular weight is 468 g/mol. The van der Waals surface area contributed by atoms with Crippen molar-refractivity contribution < 1.29 is 23.9 Å². The van der Waals surface area contributed by atoms with Gasteiger partial charge in [0.25, 0.3) is 11.8 Å². The molecule has 0 aliphatic carbocycles. The molecule has 0 bridgehead atoms. The fourth-order valence-electron chi connectivity index (χ4n) is 4.09. The Hall–Kier alpha value is -3.39. The van der Waals surface area contributed by atoms with E-state index >= 15 is 0 Å². The number of hydrogen-bond acceptors (Lipinski definition) is 5. The molecule has 0 aromatic heterocycles. The highest BCUT2D eigenvalue weighted by Gasteiger charge is 2.30. The Labute approximate surface area is 200 Å². The normalized spacial score (nSPS) is 21.6. The third-order valence-corrected chi connectivity index (χ3v) is 6.05. The van der Waals surface area contributed by atoms with Crippen LogP contribution in [0.4, 0.5) is 5.69 Å². The first-order valence-electron chi connectivity index (χ1n) is 11.4. The number of amides is 3. The van der Waals surface area contributed by atoms with E-state index in [0.717, 1.165) is 0 Å². The van der Waals surface area contributed by atoms with Crippen LogP contribution in [-0.2, 0) is 9.53 Å². The average Bonchev–Trinajstić information content (AvgIpc) is 2.83. The van der Waals surface area contributed by atoms with Gasteiger partial charge in [0.1, 0.15) is 12.4 Å². The van der Waals surface area contributed by atoms with E-state index in [-0.39, 0.29) is 42.4 Å². The second kappa shape index (κ2) is 11.2. The highest BCUT2D eigenvalue weighted by atomic mass is 16.5. The molecule has 3 rings (SSSR count). The Morgan fingerprint density at radius 2 is 1.79 bits per heavy atom. The molecule has 1 N–H and O–H groups in total. The molecular formula is C26H33N3O5. The molecule has 0 saturated carbocycles. The number of anilines is 1. The Morgan fingerprint density at radius 1 is 1.09 bits per heavy atom. The molecule has 8 heteroatoms. The summed E-state index contributed by atoms with van der Waals surface area (Å²) >= 11 is 0. The summed E-state index contributed by atoms with van der Waals surface area (Å²) in [5, 5.41) is 2.71. The summed E-state index contributed by atoms with van der Waals surface area (Å²) in [5.41, 5.74) is 1.45. The van der Waals surface area contributed by atoms with E-state index in [9.17, 15) is 14.4 Å². The molecule has 3 atom stereocenters. The topological polar surface area (TPSA) is 88.2 Å². The van der Waals surface area contributed by atoms with Gasteiger partial charge in [0.2, 0.25) is 5.91 Å².